The first kappa shape index (κ1) is 27.8. The van der Waals surface area contributed by atoms with Gasteiger partial charge >= 0.3 is 0 Å². The van der Waals surface area contributed by atoms with Gasteiger partial charge in [-0.3, -0.25) is 9.59 Å². The molecule has 0 bridgehead atoms. The lowest BCUT2D eigenvalue weighted by Crippen LogP contribution is -2.34. The lowest BCUT2D eigenvalue weighted by molar-refractivity contribution is -0.114. The number of methoxy groups -OCH3 is 1. The van der Waals surface area contributed by atoms with Crippen molar-refractivity contribution >= 4 is 35.3 Å². The summed E-state index contributed by atoms with van der Waals surface area (Å²) in [5, 5.41) is 3.05. The predicted octanol–water partition coefficient (Wildman–Crippen LogP) is 5.54. The van der Waals surface area contributed by atoms with Crippen molar-refractivity contribution in [2.45, 2.75) is 39.0 Å². The minimum atomic E-state index is -0.109. The fraction of sp³-hybridized carbons (Fsp3) is 0.448. The van der Waals surface area contributed by atoms with Gasteiger partial charge in [-0.15, -0.1) is 0 Å². The molecule has 1 aliphatic rings. The number of amides is 2. The number of nitrogens with zero attached hydrogens (tertiary/aromatic N) is 2. The van der Waals surface area contributed by atoms with Crippen LogP contribution in [-0.4, -0.2) is 57.1 Å². The number of rotatable bonds is 11. The molecule has 2 amide bonds. The number of hydrogen-bond acceptors (Lipinski definition) is 5. The Balaban J connectivity index is 1.62. The van der Waals surface area contributed by atoms with Gasteiger partial charge in [0.1, 0.15) is 5.75 Å². The van der Waals surface area contributed by atoms with Gasteiger partial charge in [-0.05, 0) is 66.8 Å². The van der Waals surface area contributed by atoms with Crippen molar-refractivity contribution in [1.82, 2.24) is 10.2 Å². The minimum Gasteiger partial charge on any atom is -0.497 e. The van der Waals surface area contributed by atoms with Crippen LogP contribution in [0.25, 0.3) is 6.08 Å². The molecule has 6 nitrogen and oxygen atoms in total. The van der Waals surface area contributed by atoms with Crippen molar-refractivity contribution in [3.63, 3.8) is 0 Å². The van der Waals surface area contributed by atoms with Gasteiger partial charge in [-0.2, -0.15) is 0 Å². The molecule has 0 radical (unpaired) electrons. The predicted molar refractivity (Wildman–Crippen MR) is 150 cm³/mol. The van der Waals surface area contributed by atoms with Gasteiger partial charge in [-0.1, -0.05) is 51.6 Å². The molecule has 0 spiro atoms. The standard InChI is InChI=1S/C29H39N3O3S/c1-20(2)18-32(19-21(3)4)15-7-14-30-28(33)23-10-13-26-25(17-23)31(5)29(34)27(36-26)16-22-8-11-24(35-6)12-9-22/h8-13,16-17,20-21H,7,14-15,18-19H2,1-6H3,(H,30,33)/b27-16-. The summed E-state index contributed by atoms with van der Waals surface area (Å²) < 4.78 is 5.21. The molecule has 194 valence electrons. The highest BCUT2D eigenvalue weighted by Crippen LogP contribution is 2.42. The Morgan fingerprint density at radius 2 is 1.75 bits per heavy atom. The third-order valence-electron chi connectivity index (χ3n) is 5.91. The van der Waals surface area contributed by atoms with Gasteiger partial charge in [0.15, 0.2) is 0 Å². The zero-order chi connectivity index (χ0) is 26.2. The Morgan fingerprint density at radius 3 is 2.36 bits per heavy atom. The van der Waals surface area contributed by atoms with Crippen LogP contribution in [0.5, 0.6) is 5.75 Å². The van der Waals surface area contributed by atoms with E-state index in [1.807, 2.05) is 48.5 Å². The topological polar surface area (TPSA) is 61.9 Å². The van der Waals surface area contributed by atoms with Gasteiger partial charge < -0.3 is 19.9 Å². The highest BCUT2D eigenvalue weighted by molar-refractivity contribution is 8.04. The van der Waals surface area contributed by atoms with E-state index in [4.69, 9.17) is 4.74 Å². The first-order valence-corrected chi connectivity index (χ1v) is 13.5. The first-order chi connectivity index (χ1) is 17.2. The summed E-state index contributed by atoms with van der Waals surface area (Å²) in [5.41, 5.74) is 2.25. The van der Waals surface area contributed by atoms with Crippen LogP contribution in [0, 0.1) is 11.8 Å². The van der Waals surface area contributed by atoms with Crippen LogP contribution < -0.4 is 15.0 Å². The first-order valence-electron chi connectivity index (χ1n) is 12.6. The summed E-state index contributed by atoms with van der Waals surface area (Å²) in [4.78, 5) is 31.5. The molecular weight excluding hydrogens is 470 g/mol. The van der Waals surface area contributed by atoms with Crippen molar-refractivity contribution < 1.29 is 14.3 Å². The minimum absolute atomic E-state index is 0.0868. The number of likely N-dealkylation sites (N-methyl/N-ethyl adjacent to an activating group) is 1. The maximum absolute atomic E-state index is 13.0. The highest BCUT2D eigenvalue weighted by Gasteiger charge is 2.27. The highest BCUT2D eigenvalue weighted by atomic mass is 32.2. The molecule has 2 aromatic carbocycles. The molecule has 0 saturated heterocycles. The molecule has 36 heavy (non-hydrogen) atoms. The number of benzene rings is 2. The molecule has 3 rings (SSSR count). The summed E-state index contributed by atoms with van der Waals surface area (Å²) in [6, 6.07) is 13.2. The van der Waals surface area contributed by atoms with Crippen molar-refractivity contribution in [1.29, 1.82) is 0 Å². The quantitative estimate of drug-likeness (QED) is 0.318. The second-order valence-corrected chi connectivity index (χ2v) is 11.2. The summed E-state index contributed by atoms with van der Waals surface area (Å²) in [6.45, 7) is 12.7. The number of thioether (sulfide) groups is 1. The normalized spacial score (nSPS) is 14.6. The van der Waals surface area contributed by atoms with Crippen LogP contribution in [0.1, 0.15) is 50.0 Å². The second-order valence-electron chi connectivity index (χ2n) is 10.1. The molecule has 0 fully saturated rings. The van der Waals surface area contributed by atoms with E-state index in [9.17, 15) is 9.59 Å². The molecule has 7 heteroatoms. The van der Waals surface area contributed by atoms with E-state index in [1.54, 1.807) is 19.1 Å². The molecular formula is C29H39N3O3S. The zero-order valence-corrected chi connectivity index (χ0v) is 23.2. The van der Waals surface area contributed by atoms with E-state index < -0.39 is 0 Å². The van der Waals surface area contributed by atoms with Gasteiger partial charge in [0.25, 0.3) is 11.8 Å². The Kier molecular flexibility index (Phi) is 10.0. The van der Waals surface area contributed by atoms with Crippen LogP contribution in [-0.2, 0) is 4.79 Å². The SMILES string of the molecule is COc1ccc(/C=C2\Sc3ccc(C(=O)NCCCN(CC(C)C)CC(C)C)cc3N(C)C2=O)cc1. The Bertz CT molecular complexity index is 1070. The number of nitrogens with one attached hydrogen (secondary N) is 1. The van der Waals surface area contributed by atoms with Crippen LogP contribution in [0.3, 0.4) is 0 Å². The maximum Gasteiger partial charge on any atom is 0.264 e. The van der Waals surface area contributed by atoms with Crippen molar-refractivity contribution in [2.24, 2.45) is 11.8 Å². The van der Waals surface area contributed by atoms with E-state index in [0.717, 1.165) is 48.0 Å². The molecule has 0 atom stereocenters. The molecule has 0 saturated carbocycles. The zero-order valence-electron chi connectivity index (χ0n) is 22.3. The monoisotopic (exact) mass is 509 g/mol. The van der Waals surface area contributed by atoms with Crippen LogP contribution in [0.4, 0.5) is 5.69 Å². The average molecular weight is 510 g/mol. The van der Waals surface area contributed by atoms with Gasteiger partial charge in [0.2, 0.25) is 0 Å². The molecule has 1 N–H and O–H groups in total. The molecule has 2 aromatic rings. The molecule has 0 aromatic heterocycles. The summed E-state index contributed by atoms with van der Waals surface area (Å²) in [7, 11) is 3.38. The Morgan fingerprint density at radius 1 is 1.08 bits per heavy atom. The summed E-state index contributed by atoms with van der Waals surface area (Å²) in [5.74, 6) is 1.83. The third kappa shape index (κ3) is 7.61. The molecule has 0 unspecified atom stereocenters. The number of carbonyl (C=O) groups is 2. The van der Waals surface area contributed by atoms with Crippen molar-refractivity contribution in [3.05, 3.63) is 58.5 Å². The van der Waals surface area contributed by atoms with Crippen molar-refractivity contribution in [2.75, 3.05) is 45.2 Å². The van der Waals surface area contributed by atoms with Crippen molar-refractivity contribution in [3.8, 4) is 5.75 Å². The van der Waals surface area contributed by atoms with Crippen LogP contribution in [0.15, 0.2) is 52.3 Å². The Labute approximate surface area is 220 Å². The lowest BCUT2D eigenvalue weighted by atomic mass is 10.1. The molecule has 1 heterocycles. The number of hydrogen-bond donors (Lipinski definition) is 1. The molecule has 0 aliphatic carbocycles. The fourth-order valence-electron chi connectivity index (χ4n) is 4.28. The number of anilines is 1. The van der Waals surface area contributed by atoms with Crippen LogP contribution in [0.2, 0.25) is 0 Å². The van der Waals surface area contributed by atoms with E-state index in [-0.39, 0.29) is 11.8 Å². The Hall–Kier alpha value is -2.77. The third-order valence-corrected chi connectivity index (χ3v) is 6.99. The fourth-order valence-corrected chi connectivity index (χ4v) is 5.38. The van der Waals surface area contributed by atoms with Gasteiger partial charge in [-0.25, -0.2) is 0 Å². The number of ether oxygens (including phenoxy) is 1. The summed E-state index contributed by atoms with van der Waals surface area (Å²) >= 11 is 1.43. The number of carbonyl (C=O) groups excluding carboxylic acids is 2. The lowest BCUT2D eigenvalue weighted by Gasteiger charge is -2.27. The van der Waals surface area contributed by atoms with E-state index in [0.29, 0.717) is 28.8 Å². The van der Waals surface area contributed by atoms with Crippen LogP contribution >= 0.6 is 11.8 Å². The van der Waals surface area contributed by atoms with Gasteiger partial charge in [0.05, 0.1) is 17.7 Å². The second kappa shape index (κ2) is 13.0. The number of fused-ring (bicyclic) bond motifs is 1. The smallest absolute Gasteiger partial charge is 0.264 e. The van der Waals surface area contributed by atoms with E-state index >= 15 is 0 Å². The maximum atomic E-state index is 13.0. The average Bonchev–Trinajstić information content (AvgIpc) is 2.84. The summed E-state index contributed by atoms with van der Waals surface area (Å²) in [6.07, 6.45) is 2.79. The molecule has 1 aliphatic heterocycles. The van der Waals surface area contributed by atoms with E-state index in [2.05, 4.69) is 37.9 Å². The van der Waals surface area contributed by atoms with Gasteiger partial charge in [0, 0.05) is 37.1 Å². The largest absolute Gasteiger partial charge is 0.497 e. The van der Waals surface area contributed by atoms with E-state index in [1.165, 1.54) is 11.8 Å².